The van der Waals surface area contributed by atoms with Gasteiger partial charge >= 0.3 is 0 Å². The number of ether oxygens (including phenoxy) is 3. The fraction of sp³-hybridized carbons (Fsp3) is 0.111. The van der Waals surface area contributed by atoms with E-state index >= 15 is 0 Å². The number of hydrogen-bond acceptors (Lipinski definition) is 5. The van der Waals surface area contributed by atoms with E-state index in [9.17, 15) is 12.8 Å². The number of benzene rings is 4. The predicted octanol–water partition coefficient (Wildman–Crippen LogP) is 5.79. The van der Waals surface area contributed by atoms with Gasteiger partial charge in [-0.1, -0.05) is 36.4 Å². The maximum atomic E-state index is 14.2. The molecule has 0 aliphatic carbocycles. The van der Waals surface area contributed by atoms with Crippen LogP contribution in [0.1, 0.15) is 17.2 Å². The second kappa shape index (κ2) is 8.96. The molecule has 0 bridgehead atoms. The van der Waals surface area contributed by atoms with Crippen LogP contribution in [-0.4, -0.2) is 22.6 Å². The van der Waals surface area contributed by atoms with Crippen molar-refractivity contribution in [2.24, 2.45) is 0 Å². The van der Waals surface area contributed by atoms with Gasteiger partial charge in [-0.3, -0.25) is 4.72 Å². The van der Waals surface area contributed by atoms with Crippen LogP contribution in [0.5, 0.6) is 17.2 Å². The average molecular weight is 492 g/mol. The van der Waals surface area contributed by atoms with E-state index in [0.717, 1.165) is 28.3 Å². The third-order valence-corrected chi connectivity index (χ3v) is 7.25. The molecule has 0 saturated carbocycles. The first kappa shape index (κ1) is 22.7. The number of rotatable bonds is 6. The van der Waals surface area contributed by atoms with Gasteiger partial charge in [0, 0.05) is 16.8 Å². The maximum Gasteiger partial charge on any atom is 0.264 e. The van der Waals surface area contributed by atoms with E-state index in [0.29, 0.717) is 17.2 Å². The fourth-order valence-electron chi connectivity index (χ4n) is 4.23. The lowest BCUT2D eigenvalue weighted by Gasteiger charge is -2.30. The minimum Gasteiger partial charge on any atom is -0.497 e. The summed E-state index contributed by atoms with van der Waals surface area (Å²) in [6.45, 7) is 0. The third kappa shape index (κ3) is 4.17. The van der Waals surface area contributed by atoms with Crippen molar-refractivity contribution in [1.82, 2.24) is 0 Å². The standard InChI is InChI=1S/C27H22FNO5S/c1-32-19-8-5-7-17(15-19)27-21-16-18(29-35(30,31)25-12-4-3-9-22(25)28)13-14-20(21)26-23(33-2)10-6-11-24(26)34-27/h3-16,27,29H,1-2H3. The van der Waals surface area contributed by atoms with Crippen LogP contribution in [0, 0.1) is 5.82 Å². The normalized spacial score (nSPS) is 14.3. The Hall–Kier alpha value is -4.04. The first-order chi connectivity index (χ1) is 16.9. The second-order valence-electron chi connectivity index (χ2n) is 7.95. The van der Waals surface area contributed by atoms with Crippen molar-refractivity contribution in [3.8, 4) is 28.4 Å². The topological polar surface area (TPSA) is 73.9 Å². The number of halogens is 1. The Bertz CT molecular complexity index is 1520. The third-order valence-electron chi connectivity index (χ3n) is 5.83. The molecule has 4 aromatic carbocycles. The van der Waals surface area contributed by atoms with Gasteiger partial charge in [-0.2, -0.15) is 0 Å². The first-order valence-corrected chi connectivity index (χ1v) is 12.3. The van der Waals surface area contributed by atoms with Crippen LogP contribution in [0.4, 0.5) is 10.1 Å². The molecule has 1 N–H and O–H groups in total. The van der Waals surface area contributed by atoms with Crippen molar-refractivity contribution in [2.45, 2.75) is 11.0 Å². The Kier molecular flexibility index (Phi) is 5.82. The Morgan fingerprint density at radius 1 is 0.886 bits per heavy atom. The summed E-state index contributed by atoms with van der Waals surface area (Å²) < 4.78 is 59.9. The summed E-state index contributed by atoms with van der Waals surface area (Å²) in [7, 11) is -0.976. The molecule has 4 aromatic rings. The molecule has 1 atom stereocenters. The number of anilines is 1. The Labute approximate surface area is 203 Å². The summed E-state index contributed by atoms with van der Waals surface area (Å²) >= 11 is 0. The van der Waals surface area contributed by atoms with Crippen molar-refractivity contribution < 1.29 is 27.0 Å². The van der Waals surface area contributed by atoms with Gasteiger partial charge in [0.15, 0.2) is 0 Å². The van der Waals surface area contributed by atoms with Gasteiger partial charge in [0.05, 0.1) is 19.8 Å². The van der Waals surface area contributed by atoms with Gasteiger partial charge in [0.2, 0.25) is 0 Å². The molecule has 1 aliphatic rings. The molecule has 1 aliphatic heterocycles. The van der Waals surface area contributed by atoms with Crippen LogP contribution in [0.25, 0.3) is 11.1 Å². The second-order valence-corrected chi connectivity index (χ2v) is 9.60. The van der Waals surface area contributed by atoms with Crippen molar-refractivity contribution in [1.29, 1.82) is 0 Å². The molecule has 0 radical (unpaired) electrons. The lowest BCUT2D eigenvalue weighted by atomic mass is 9.88. The number of methoxy groups -OCH3 is 2. The number of nitrogens with one attached hydrogen (secondary N) is 1. The van der Waals surface area contributed by atoms with Crippen molar-refractivity contribution in [3.05, 3.63) is 102 Å². The molecule has 0 aromatic heterocycles. The summed E-state index contributed by atoms with van der Waals surface area (Å²) in [4.78, 5) is -0.426. The van der Waals surface area contributed by atoms with Crippen LogP contribution in [-0.2, 0) is 10.0 Å². The Balaban J connectivity index is 1.64. The summed E-state index contributed by atoms with van der Waals surface area (Å²) in [6.07, 6.45) is -0.544. The van der Waals surface area contributed by atoms with E-state index in [1.54, 1.807) is 26.4 Å². The molecule has 35 heavy (non-hydrogen) atoms. The van der Waals surface area contributed by atoms with Gasteiger partial charge in [-0.05, 0) is 54.1 Å². The number of fused-ring (bicyclic) bond motifs is 3. The quantitative estimate of drug-likeness (QED) is 0.369. The van der Waals surface area contributed by atoms with Crippen LogP contribution in [0.2, 0.25) is 0 Å². The number of hydrogen-bond donors (Lipinski definition) is 1. The predicted molar refractivity (Wildman–Crippen MR) is 131 cm³/mol. The van der Waals surface area contributed by atoms with Crippen molar-refractivity contribution in [3.63, 3.8) is 0 Å². The lowest BCUT2D eigenvalue weighted by molar-refractivity contribution is 0.241. The molecule has 5 rings (SSSR count). The summed E-state index contributed by atoms with van der Waals surface area (Å²) in [5, 5.41) is 0. The van der Waals surface area contributed by atoms with E-state index in [1.165, 1.54) is 18.2 Å². The van der Waals surface area contributed by atoms with E-state index < -0.39 is 26.8 Å². The zero-order valence-corrected chi connectivity index (χ0v) is 19.8. The lowest BCUT2D eigenvalue weighted by Crippen LogP contribution is -2.18. The molecule has 0 spiro atoms. The minimum absolute atomic E-state index is 0.279. The average Bonchev–Trinajstić information content (AvgIpc) is 2.87. The molecule has 6 nitrogen and oxygen atoms in total. The fourth-order valence-corrected chi connectivity index (χ4v) is 5.36. The monoisotopic (exact) mass is 491 g/mol. The van der Waals surface area contributed by atoms with E-state index in [-0.39, 0.29) is 5.69 Å². The molecular formula is C27H22FNO5S. The zero-order valence-electron chi connectivity index (χ0n) is 19.0. The molecular weight excluding hydrogens is 469 g/mol. The van der Waals surface area contributed by atoms with E-state index in [4.69, 9.17) is 14.2 Å². The van der Waals surface area contributed by atoms with E-state index in [1.807, 2.05) is 48.5 Å². The molecule has 1 heterocycles. The summed E-state index contributed by atoms with van der Waals surface area (Å²) in [6, 6.07) is 23.4. The molecule has 0 amide bonds. The van der Waals surface area contributed by atoms with Gasteiger partial charge in [-0.15, -0.1) is 0 Å². The largest absolute Gasteiger partial charge is 0.497 e. The van der Waals surface area contributed by atoms with E-state index in [2.05, 4.69) is 4.72 Å². The number of sulfonamides is 1. The molecule has 1 unspecified atom stereocenters. The highest BCUT2D eigenvalue weighted by Gasteiger charge is 2.31. The smallest absolute Gasteiger partial charge is 0.264 e. The van der Waals surface area contributed by atoms with Gasteiger partial charge in [0.1, 0.15) is 34.1 Å². The summed E-state index contributed by atoms with van der Waals surface area (Å²) in [5.74, 6) is 1.12. The summed E-state index contributed by atoms with van der Waals surface area (Å²) in [5.41, 5.74) is 3.44. The zero-order chi connectivity index (χ0) is 24.6. The SMILES string of the molecule is COc1cccc(C2Oc3cccc(OC)c3-c3ccc(NS(=O)(=O)c4ccccc4F)cc32)c1. The van der Waals surface area contributed by atoms with Gasteiger partial charge in [-0.25, -0.2) is 12.8 Å². The van der Waals surface area contributed by atoms with Crippen LogP contribution >= 0.6 is 0 Å². The van der Waals surface area contributed by atoms with Crippen LogP contribution in [0.3, 0.4) is 0 Å². The van der Waals surface area contributed by atoms with Gasteiger partial charge in [0.25, 0.3) is 10.0 Å². The van der Waals surface area contributed by atoms with Crippen molar-refractivity contribution >= 4 is 15.7 Å². The molecule has 0 fully saturated rings. The highest BCUT2D eigenvalue weighted by molar-refractivity contribution is 7.92. The Morgan fingerprint density at radius 3 is 2.46 bits per heavy atom. The van der Waals surface area contributed by atoms with Crippen LogP contribution in [0.15, 0.2) is 89.8 Å². The molecule has 178 valence electrons. The van der Waals surface area contributed by atoms with Gasteiger partial charge < -0.3 is 14.2 Å². The Morgan fingerprint density at radius 2 is 1.69 bits per heavy atom. The van der Waals surface area contributed by atoms with Crippen LogP contribution < -0.4 is 18.9 Å². The molecule has 0 saturated heterocycles. The van der Waals surface area contributed by atoms with Crippen molar-refractivity contribution in [2.75, 3.05) is 18.9 Å². The first-order valence-electron chi connectivity index (χ1n) is 10.8. The molecule has 8 heteroatoms. The highest BCUT2D eigenvalue weighted by atomic mass is 32.2. The maximum absolute atomic E-state index is 14.2. The minimum atomic E-state index is -4.15. The highest BCUT2D eigenvalue weighted by Crippen LogP contribution is 2.49.